The Morgan fingerprint density at radius 1 is 1.19 bits per heavy atom. The number of carbonyl (C=O) groups excluding carboxylic acids is 1. The Hall–Kier alpha value is -2.33. The van der Waals surface area contributed by atoms with Crippen molar-refractivity contribution in [3.8, 4) is 0 Å². The van der Waals surface area contributed by atoms with Gasteiger partial charge in [0.05, 0.1) is 21.6 Å². The monoisotopic (exact) mass is 369 g/mol. The summed E-state index contributed by atoms with van der Waals surface area (Å²) in [7, 11) is 0. The Labute approximate surface area is 159 Å². The first kappa shape index (κ1) is 18.5. The number of benzene rings is 2. The Bertz CT molecular complexity index is 903. The largest absolute Gasteiger partial charge is 0.352 e. The van der Waals surface area contributed by atoms with Crippen molar-refractivity contribution in [3.05, 3.63) is 64.9 Å². The van der Waals surface area contributed by atoms with Crippen LogP contribution in [0, 0.1) is 5.92 Å². The van der Waals surface area contributed by atoms with Gasteiger partial charge in [-0.15, -0.1) is 0 Å². The molecule has 0 saturated carbocycles. The molecule has 0 fully saturated rings. The Balaban J connectivity index is 1.73. The van der Waals surface area contributed by atoms with Crippen molar-refractivity contribution in [1.29, 1.82) is 0 Å². The van der Waals surface area contributed by atoms with Crippen LogP contribution in [0.15, 0.2) is 48.5 Å². The molecule has 0 bridgehead atoms. The number of carbonyl (C=O) groups is 1. The van der Waals surface area contributed by atoms with E-state index in [1.807, 2.05) is 30.3 Å². The number of nitrogens with one attached hydrogen (secondary N) is 1. The highest BCUT2D eigenvalue weighted by Crippen LogP contribution is 2.19. The van der Waals surface area contributed by atoms with E-state index in [2.05, 4.69) is 29.8 Å². The summed E-state index contributed by atoms with van der Waals surface area (Å²) < 4.78 is 2.28. The number of rotatable bonds is 7. The zero-order valence-corrected chi connectivity index (χ0v) is 16.0. The number of hydrogen-bond acceptors (Lipinski definition) is 2. The van der Waals surface area contributed by atoms with Gasteiger partial charge in [0.1, 0.15) is 5.82 Å². The number of nitrogens with zero attached hydrogens (tertiary/aromatic N) is 2. The molecule has 3 aromatic rings. The number of halogens is 1. The van der Waals surface area contributed by atoms with Gasteiger partial charge in [-0.1, -0.05) is 56.1 Å². The van der Waals surface area contributed by atoms with Gasteiger partial charge < -0.3 is 9.88 Å². The fourth-order valence-electron chi connectivity index (χ4n) is 2.99. The van der Waals surface area contributed by atoms with Gasteiger partial charge in [-0.3, -0.25) is 4.79 Å². The third-order valence-electron chi connectivity index (χ3n) is 4.68. The second-order valence-electron chi connectivity index (χ2n) is 6.63. The standard InChI is InChI=1S/C21H24ClN3O/c1-3-15(2)14-25-19-11-7-6-10-18(19)24-20(25)12-13-23-21(26)16-8-4-5-9-17(16)22/h4-11,15H,3,12-14H2,1-2H3,(H,23,26). The third-order valence-corrected chi connectivity index (χ3v) is 5.01. The van der Waals surface area contributed by atoms with Gasteiger partial charge in [0, 0.05) is 19.5 Å². The Kier molecular flexibility index (Phi) is 5.94. The molecule has 1 aromatic heterocycles. The van der Waals surface area contributed by atoms with E-state index < -0.39 is 0 Å². The van der Waals surface area contributed by atoms with Crippen molar-refractivity contribution in [2.45, 2.75) is 33.2 Å². The Morgan fingerprint density at radius 3 is 2.69 bits per heavy atom. The van der Waals surface area contributed by atoms with Gasteiger partial charge in [0.25, 0.3) is 5.91 Å². The topological polar surface area (TPSA) is 46.9 Å². The summed E-state index contributed by atoms with van der Waals surface area (Å²) >= 11 is 6.09. The lowest BCUT2D eigenvalue weighted by Crippen LogP contribution is -2.27. The average molecular weight is 370 g/mol. The molecular weight excluding hydrogens is 346 g/mol. The van der Waals surface area contributed by atoms with Gasteiger partial charge >= 0.3 is 0 Å². The van der Waals surface area contributed by atoms with Crippen LogP contribution in [0.5, 0.6) is 0 Å². The predicted octanol–water partition coefficient (Wildman–Crippen LogP) is 4.71. The van der Waals surface area contributed by atoms with Crippen LogP contribution < -0.4 is 5.32 Å². The number of imidazole rings is 1. The van der Waals surface area contributed by atoms with Gasteiger partial charge in [-0.2, -0.15) is 0 Å². The van der Waals surface area contributed by atoms with Crippen LogP contribution in [0.4, 0.5) is 0 Å². The molecule has 136 valence electrons. The highest BCUT2D eigenvalue weighted by molar-refractivity contribution is 6.33. The second kappa shape index (κ2) is 8.37. The molecule has 0 aliphatic carbocycles. The van der Waals surface area contributed by atoms with Crippen LogP contribution in [0.25, 0.3) is 11.0 Å². The van der Waals surface area contributed by atoms with Crippen molar-refractivity contribution in [3.63, 3.8) is 0 Å². The number of hydrogen-bond donors (Lipinski definition) is 1. The minimum atomic E-state index is -0.153. The molecule has 1 amide bonds. The number of fused-ring (bicyclic) bond motifs is 1. The molecule has 1 heterocycles. The van der Waals surface area contributed by atoms with Crippen molar-refractivity contribution in [2.24, 2.45) is 5.92 Å². The predicted molar refractivity (Wildman–Crippen MR) is 107 cm³/mol. The number of aromatic nitrogens is 2. The molecule has 1 unspecified atom stereocenters. The highest BCUT2D eigenvalue weighted by Gasteiger charge is 2.14. The van der Waals surface area contributed by atoms with E-state index in [0.717, 1.165) is 29.8 Å². The molecule has 26 heavy (non-hydrogen) atoms. The zero-order chi connectivity index (χ0) is 18.5. The summed E-state index contributed by atoms with van der Waals surface area (Å²) in [5.74, 6) is 1.43. The summed E-state index contributed by atoms with van der Waals surface area (Å²) in [6, 6.07) is 15.3. The number of para-hydroxylation sites is 2. The maximum Gasteiger partial charge on any atom is 0.252 e. The van der Waals surface area contributed by atoms with E-state index in [9.17, 15) is 4.79 Å². The van der Waals surface area contributed by atoms with E-state index in [-0.39, 0.29) is 5.91 Å². The van der Waals surface area contributed by atoms with Crippen LogP contribution in [0.2, 0.25) is 5.02 Å². The SMILES string of the molecule is CCC(C)Cn1c(CCNC(=O)c2ccccc2Cl)nc2ccccc21. The van der Waals surface area contributed by atoms with Crippen LogP contribution in [-0.2, 0) is 13.0 Å². The van der Waals surface area contributed by atoms with Gasteiger partial charge in [0.2, 0.25) is 0 Å². The molecule has 1 N–H and O–H groups in total. The van der Waals surface area contributed by atoms with Crippen molar-refractivity contribution >= 4 is 28.5 Å². The molecule has 0 radical (unpaired) electrons. The van der Waals surface area contributed by atoms with E-state index >= 15 is 0 Å². The Morgan fingerprint density at radius 2 is 1.92 bits per heavy atom. The first-order valence-corrected chi connectivity index (χ1v) is 9.44. The van der Waals surface area contributed by atoms with Crippen molar-refractivity contribution < 1.29 is 4.79 Å². The molecular formula is C21H24ClN3O. The summed E-state index contributed by atoms with van der Waals surface area (Å²) in [5.41, 5.74) is 2.66. The molecule has 0 spiro atoms. The fraction of sp³-hybridized carbons (Fsp3) is 0.333. The van der Waals surface area contributed by atoms with E-state index in [1.54, 1.807) is 12.1 Å². The third kappa shape index (κ3) is 4.07. The lowest BCUT2D eigenvalue weighted by atomic mass is 10.1. The van der Waals surface area contributed by atoms with E-state index in [1.165, 1.54) is 0 Å². The van der Waals surface area contributed by atoms with E-state index in [0.29, 0.717) is 29.5 Å². The molecule has 0 saturated heterocycles. The minimum absolute atomic E-state index is 0.153. The summed E-state index contributed by atoms with van der Waals surface area (Å²) in [6.45, 7) is 5.91. The molecule has 0 aliphatic heterocycles. The first-order valence-electron chi connectivity index (χ1n) is 9.07. The van der Waals surface area contributed by atoms with Gasteiger partial charge in [-0.25, -0.2) is 4.98 Å². The fourth-order valence-corrected chi connectivity index (χ4v) is 3.21. The first-order chi connectivity index (χ1) is 12.6. The van der Waals surface area contributed by atoms with Gasteiger partial charge in [-0.05, 0) is 30.2 Å². The maximum absolute atomic E-state index is 12.3. The van der Waals surface area contributed by atoms with Crippen LogP contribution in [-0.4, -0.2) is 22.0 Å². The smallest absolute Gasteiger partial charge is 0.252 e. The average Bonchev–Trinajstić information content (AvgIpc) is 2.99. The van der Waals surface area contributed by atoms with Crippen LogP contribution >= 0.6 is 11.6 Å². The molecule has 5 heteroatoms. The van der Waals surface area contributed by atoms with E-state index in [4.69, 9.17) is 16.6 Å². The van der Waals surface area contributed by atoms with Gasteiger partial charge in [0.15, 0.2) is 0 Å². The summed E-state index contributed by atoms with van der Waals surface area (Å²) in [4.78, 5) is 17.1. The summed E-state index contributed by atoms with van der Waals surface area (Å²) in [6.07, 6.45) is 1.80. The second-order valence-corrected chi connectivity index (χ2v) is 7.03. The lowest BCUT2D eigenvalue weighted by Gasteiger charge is -2.14. The number of amides is 1. The minimum Gasteiger partial charge on any atom is -0.352 e. The molecule has 2 aromatic carbocycles. The molecule has 4 nitrogen and oxygen atoms in total. The van der Waals surface area contributed by atoms with Crippen molar-refractivity contribution in [2.75, 3.05) is 6.54 Å². The molecule has 1 atom stereocenters. The zero-order valence-electron chi connectivity index (χ0n) is 15.2. The summed E-state index contributed by atoms with van der Waals surface area (Å²) in [5, 5.41) is 3.42. The quantitative estimate of drug-likeness (QED) is 0.655. The normalized spacial score (nSPS) is 12.3. The lowest BCUT2D eigenvalue weighted by molar-refractivity contribution is 0.0954. The van der Waals surface area contributed by atoms with Crippen molar-refractivity contribution in [1.82, 2.24) is 14.9 Å². The van der Waals surface area contributed by atoms with Crippen LogP contribution in [0.1, 0.15) is 36.5 Å². The van der Waals surface area contributed by atoms with Crippen LogP contribution in [0.3, 0.4) is 0 Å². The maximum atomic E-state index is 12.3. The molecule has 0 aliphatic rings. The molecule has 3 rings (SSSR count). The highest BCUT2D eigenvalue weighted by atomic mass is 35.5.